The van der Waals surface area contributed by atoms with E-state index in [4.69, 9.17) is 10.5 Å². The van der Waals surface area contributed by atoms with Gasteiger partial charge in [-0.1, -0.05) is 60.7 Å². The Balaban J connectivity index is 1.27. The fraction of sp³-hybridized carbons (Fsp3) is 0.214. The smallest absolute Gasteiger partial charge is 0.379 e. The number of hydrogen-bond donors (Lipinski definition) is 2. The van der Waals surface area contributed by atoms with E-state index in [0.717, 1.165) is 11.1 Å². The van der Waals surface area contributed by atoms with Crippen LogP contribution in [0.25, 0.3) is 5.78 Å². The number of thioether (sulfide) groups is 2. The fourth-order valence-electron chi connectivity index (χ4n) is 4.74. The molecule has 0 spiro atoms. The number of benzene rings is 2. The maximum absolute atomic E-state index is 13.3. The lowest BCUT2D eigenvalue weighted by Crippen LogP contribution is -2.68. The van der Waals surface area contributed by atoms with Crippen molar-refractivity contribution in [3.8, 4) is 0 Å². The third-order valence-corrected chi connectivity index (χ3v) is 9.14. The van der Waals surface area contributed by atoms with Gasteiger partial charge in [0.15, 0.2) is 6.10 Å². The topological polar surface area (TPSA) is 153 Å². The van der Waals surface area contributed by atoms with Gasteiger partial charge in [-0.25, -0.2) is 14.6 Å². The molecular formula is C28H24N6O5S2. The maximum atomic E-state index is 13.3. The third-order valence-electron chi connectivity index (χ3n) is 6.70. The van der Waals surface area contributed by atoms with Crippen molar-refractivity contribution in [2.45, 2.75) is 29.5 Å². The van der Waals surface area contributed by atoms with Crippen LogP contribution in [0.5, 0.6) is 0 Å². The molecule has 2 aromatic carbocycles. The van der Waals surface area contributed by atoms with Crippen molar-refractivity contribution < 1.29 is 24.2 Å². The number of rotatable bonds is 8. The Bertz CT molecular complexity index is 1650. The first-order valence-electron chi connectivity index (χ1n) is 12.7. The van der Waals surface area contributed by atoms with Gasteiger partial charge in [0.25, 0.3) is 11.6 Å². The van der Waals surface area contributed by atoms with Crippen LogP contribution in [0, 0.1) is 6.92 Å². The number of aromatic nitrogens is 4. The molecular weight excluding hydrogens is 564 g/mol. The van der Waals surface area contributed by atoms with E-state index in [1.165, 1.54) is 32.9 Å². The molecule has 11 nitrogen and oxygen atoms in total. The third kappa shape index (κ3) is 5.07. The first-order chi connectivity index (χ1) is 19.8. The number of amides is 1. The highest BCUT2D eigenvalue weighted by molar-refractivity contribution is 8.01. The minimum absolute atomic E-state index is 0.0225. The molecule has 1 unspecified atom stereocenters. The molecule has 4 aromatic rings. The van der Waals surface area contributed by atoms with Gasteiger partial charge in [0, 0.05) is 17.2 Å². The first-order valence-corrected chi connectivity index (χ1v) is 14.7. The summed E-state index contributed by atoms with van der Waals surface area (Å²) >= 11 is 2.76. The zero-order valence-electron chi connectivity index (χ0n) is 21.7. The molecule has 3 N–H and O–H groups in total. The number of nitrogens with two attached hydrogens (primary N) is 1. The van der Waals surface area contributed by atoms with Gasteiger partial charge < -0.3 is 15.6 Å². The number of β-lactam (4-membered cyclic amide) rings is 1. The van der Waals surface area contributed by atoms with Crippen LogP contribution in [-0.2, 0) is 14.3 Å². The summed E-state index contributed by atoms with van der Waals surface area (Å²) in [6.45, 7) is 1.79. The molecule has 4 heterocycles. The average Bonchev–Trinajstić information content (AvgIpc) is 3.42. The molecule has 41 heavy (non-hydrogen) atoms. The van der Waals surface area contributed by atoms with E-state index in [0.29, 0.717) is 22.0 Å². The van der Waals surface area contributed by atoms with Crippen LogP contribution < -0.4 is 5.73 Å². The van der Waals surface area contributed by atoms with Gasteiger partial charge in [-0.15, -0.1) is 28.6 Å². The predicted molar refractivity (Wildman–Crippen MR) is 152 cm³/mol. The SMILES string of the molecule is Cc1cc(SCC2=C(C(=O)O)N3C(=O)C(N)[C@@H]3SC2)n2nc(C(=O)OC(c3ccccc3)c3ccccc3)nc2n1. The quantitative estimate of drug-likeness (QED) is 0.135. The largest absolute Gasteiger partial charge is 0.477 e. The molecule has 2 atom stereocenters. The highest BCUT2D eigenvalue weighted by atomic mass is 32.2. The number of carbonyl (C=O) groups is 3. The van der Waals surface area contributed by atoms with Crippen molar-refractivity contribution >= 4 is 47.1 Å². The number of ether oxygens (including phenoxy) is 1. The standard InChI is InChI=1S/C28H24N6O5S2/c1-15-12-19(40-13-18-14-41-25-20(29)24(35)33(25)21(18)26(36)37)34-28(30-15)31-23(32-34)27(38)39-22(16-8-4-2-5-9-16)17-10-6-3-7-11-17/h2-12,20,22,25H,13-14,29H2,1H3,(H,36,37)/t20?,25-/m0/s1. The van der Waals surface area contributed by atoms with Crippen LogP contribution in [-0.4, -0.2) is 70.4 Å². The summed E-state index contributed by atoms with van der Waals surface area (Å²) in [5.41, 5.74) is 8.68. The van der Waals surface area contributed by atoms with Crippen molar-refractivity contribution in [1.82, 2.24) is 24.5 Å². The molecule has 0 aliphatic carbocycles. The molecule has 1 amide bonds. The second-order valence-electron chi connectivity index (χ2n) is 9.47. The molecule has 6 rings (SSSR count). The number of hydrogen-bond acceptors (Lipinski definition) is 10. The number of nitrogens with zero attached hydrogens (tertiary/aromatic N) is 5. The van der Waals surface area contributed by atoms with Gasteiger partial charge in [0.05, 0.1) is 0 Å². The van der Waals surface area contributed by atoms with E-state index in [1.807, 2.05) is 60.7 Å². The van der Waals surface area contributed by atoms with E-state index in [1.54, 1.807) is 13.0 Å². The van der Waals surface area contributed by atoms with Gasteiger partial charge in [0.2, 0.25) is 5.91 Å². The zero-order chi connectivity index (χ0) is 28.7. The van der Waals surface area contributed by atoms with Crippen molar-refractivity contribution in [3.63, 3.8) is 0 Å². The molecule has 13 heteroatoms. The van der Waals surface area contributed by atoms with Crippen LogP contribution in [0.4, 0.5) is 0 Å². The lowest BCUT2D eigenvalue weighted by molar-refractivity contribution is -0.147. The summed E-state index contributed by atoms with van der Waals surface area (Å²) in [5, 5.41) is 14.5. The minimum Gasteiger partial charge on any atom is -0.477 e. The van der Waals surface area contributed by atoms with Gasteiger partial charge in [-0.05, 0) is 29.7 Å². The lowest BCUT2D eigenvalue weighted by atomic mass is 10.0. The number of aryl methyl sites for hydroxylation is 1. The summed E-state index contributed by atoms with van der Waals surface area (Å²) in [7, 11) is 0. The highest BCUT2D eigenvalue weighted by Gasteiger charge is 2.51. The molecule has 1 saturated heterocycles. The summed E-state index contributed by atoms with van der Waals surface area (Å²) in [4.78, 5) is 47.7. The molecule has 1 fully saturated rings. The molecule has 0 bridgehead atoms. The summed E-state index contributed by atoms with van der Waals surface area (Å²) in [6.07, 6.45) is -0.661. The Kier molecular flexibility index (Phi) is 7.24. The van der Waals surface area contributed by atoms with Gasteiger partial charge >= 0.3 is 11.9 Å². The Labute approximate surface area is 242 Å². The minimum atomic E-state index is -1.17. The number of carbonyl (C=O) groups excluding carboxylic acids is 2. The van der Waals surface area contributed by atoms with E-state index in [-0.39, 0.29) is 28.4 Å². The zero-order valence-corrected chi connectivity index (χ0v) is 23.3. The molecule has 2 aromatic heterocycles. The normalized spacial score (nSPS) is 18.4. The second-order valence-corrected chi connectivity index (χ2v) is 11.6. The van der Waals surface area contributed by atoms with E-state index in [9.17, 15) is 19.5 Å². The Morgan fingerprint density at radius 3 is 2.41 bits per heavy atom. The van der Waals surface area contributed by atoms with Gasteiger partial charge in [-0.3, -0.25) is 9.69 Å². The number of carboxylic acid groups (broad SMARTS) is 1. The summed E-state index contributed by atoms with van der Waals surface area (Å²) < 4.78 is 7.36. The second kappa shape index (κ2) is 11.0. The average molecular weight is 589 g/mol. The van der Waals surface area contributed by atoms with Crippen LogP contribution >= 0.6 is 23.5 Å². The van der Waals surface area contributed by atoms with Crippen molar-refractivity contribution in [2.75, 3.05) is 11.5 Å². The van der Waals surface area contributed by atoms with E-state index < -0.39 is 30.0 Å². The number of fused-ring (bicyclic) bond motifs is 2. The van der Waals surface area contributed by atoms with Crippen LogP contribution in [0.1, 0.15) is 33.5 Å². The highest BCUT2D eigenvalue weighted by Crippen LogP contribution is 2.40. The molecule has 0 saturated carbocycles. The Morgan fingerprint density at radius 2 is 1.78 bits per heavy atom. The summed E-state index contributed by atoms with van der Waals surface area (Å²) in [5.74, 6) is -1.50. The van der Waals surface area contributed by atoms with E-state index >= 15 is 0 Å². The molecule has 2 aliphatic rings. The van der Waals surface area contributed by atoms with E-state index in [2.05, 4.69) is 15.1 Å². The van der Waals surface area contributed by atoms with Crippen molar-refractivity contribution in [2.24, 2.45) is 5.73 Å². The van der Waals surface area contributed by atoms with Crippen LogP contribution in [0.3, 0.4) is 0 Å². The van der Waals surface area contributed by atoms with Crippen LogP contribution in [0.15, 0.2) is 83.0 Å². The summed E-state index contributed by atoms with van der Waals surface area (Å²) in [6, 6.07) is 19.9. The molecule has 0 radical (unpaired) electrons. The number of aliphatic carboxylic acids is 1. The van der Waals surface area contributed by atoms with Crippen molar-refractivity contribution in [1.29, 1.82) is 0 Å². The molecule has 2 aliphatic heterocycles. The first kappa shape index (κ1) is 27.0. The predicted octanol–water partition coefficient (Wildman–Crippen LogP) is 3.05. The van der Waals surface area contributed by atoms with Crippen molar-refractivity contribution in [3.05, 3.63) is 101 Å². The maximum Gasteiger partial charge on any atom is 0.379 e. The fourth-order valence-corrected chi connectivity index (χ4v) is 7.22. The molecule has 208 valence electrons. The Hall–Kier alpha value is -4.20. The monoisotopic (exact) mass is 588 g/mol. The Morgan fingerprint density at radius 1 is 1.12 bits per heavy atom. The number of carboxylic acids is 1. The van der Waals surface area contributed by atoms with Crippen LogP contribution in [0.2, 0.25) is 0 Å². The number of esters is 1. The lowest BCUT2D eigenvalue weighted by Gasteiger charge is -2.48. The van der Waals surface area contributed by atoms with Gasteiger partial charge in [0.1, 0.15) is 22.1 Å². The van der Waals surface area contributed by atoms with Gasteiger partial charge in [-0.2, -0.15) is 9.50 Å².